The molecule has 11 heteroatoms. The van der Waals surface area contributed by atoms with Crippen molar-refractivity contribution in [2.75, 3.05) is 25.0 Å². The molecule has 0 spiro atoms. The SMILES string of the molecule is Cc1ccc(NC(=O)c2nnn(C3CCNCC3)c2C)c(OCC(F)(F)F)c1.Cl. The van der Waals surface area contributed by atoms with E-state index in [0.29, 0.717) is 11.3 Å². The maximum atomic E-state index is 12.7. The summed E-state index contributed by atoms with van der Waals surface area (Å²) in [5, 5.41) is 13.9. The second-order valence-corrected chi connectivity index (χ2v) is 6.81. The molecule has 1 aromatic heterocycles. The normalized spacial score (nSPS) is 14.9. The Bertz CT molecular complexity index is 851. The number of amides is 1. The first kappa shape index (κ1) is 23.0. The van der Waals surface area contributed by atoms with E-state index in [-0.39, 0.29) is 35.6 Å². The number of piperidine rings is 1. The summed E-state index contributed by atoms with van der Waals surface area (Å²) < 4.78 is 44.1. The third kappa shape index (κ3) is 5.83. The zero-order valence-electron chi connectivity index (χ0n) is 16.0. The number of benzene rings is 1. The van der Waals surface area contributed by atoms with Gasteiger partial charge in [-0.2, -0.15) is 13.2 Å². The van der Waals surface area contributed by atoms with Crippen molar-refractivity contribution in [3.8, 4) is 5.75 Å². The first-order valence-corrected chi connectivity index (χ1v) is 8.98. The zero-order valence-corrected chi connectivity index (χ0v) is 16.9. The molecule has 2 heterocycles. The van der Waals surface area contributed by atoms with E-state index in [2.05, 4.69) is 20.9 Å². The quantitative estimate of drug-likeness (QED) is 0.755. The van der Waals surface area contributed by atoms with E-state index >= 15 is 0 Å². The van der Waals surface area contributed by atoms with Gasteiger partial charge in [0.05, 0.1) is 17.4 Å². The van der Waals surface area contributed by atoms with Crippen LogP contribution >= 0.6 is 12.4 Å². The molecule has 0 atom stereocenters. The second kappa shape index (κ2) is 9.45. The van der Waals surface area contributed by atoms with Crippen LogP contribution in [0.2, 0.25) is 0 Å². The molecular weight excluding hydrogens is 411 g/mol. The summed E-state index contributed by atoms with van der Waals surface area (Å²) in [5.74, 6) is -0.590. The van der Waals surface area contributed by atoms with Crippen LogP contribution in [-0.2, 0) is 0 Å². The fourth-order valence-corrected chi connectivity index (χ4v) is 3.14. The fourth-order valence-electron chi connectivity index (χ4n) is 3.14. The Labute approximate surface area is 172 Å². The minimum Gasteiger partial charge on any atom is -0.482 e. The summed E-state index contributed by atoms with van der Waals surface area (Å²) >= 11 is 0. The van der Waals surface area contributed by atoms with Crippen LogP contribution in [-0.4, -0.2) is 46.8 Å². The first-order chi connectivity index (χ1) is 13.2. The lowest BCUT2D eigenvalue weighted by molar-refractivity contribution is -0.153. The second-order valence-electron chi connectivity index (χ2n) is 6.81. The van der Waals surface area contributed by atoms with Crippen molar-refractivity contribution in [2.45, 2.75) is 38.9 Å². The highest BCUT2D eigenvalue weighted by Crippen LogP contribution is 2.29. The van der Waals surface area contributed by atoms with Crippen molar-refractivity contribution in [3.05, 3.63) is 35.2 Å². The zero-order chi connectivity index (χ0) is 20.3. The standard InChI is InChI=1S/C18H22F3N5O2.ClH/c1-11-3-4-14(15(9-11)28-10-18(19,20)21)23-17(27)16-12(2)26(25-24-16)13-5-7-22-8-6-13;/h3-4,9,13,22H,5-8,10H2,1-2H3,(H,23,27);1H. The van der Waals surface area contributed by atoms with Gasteiger partial charge in [-0.3, -0.25) is 4.79 Å². The van der Waals surface area contributed by atoms with E-state index in [0.717, 1.165) is 25.9 Å². The molecule has 0 aliphatic carbocycles. The molecule has 0 saturated carbocycles. The van der Waals surface area contributed by atoms with Crippen molar-refractivity contribution in [1.29, 1.82) is 0 Å². The van der Waals surface area contributed by atoms with Gasteiger partial charge in [0.25, 0.3) is 5.91 Å². The Kier molecular flexibility index (Phi) is 7.48. The van der Waals surface area contributed by atoms with E-state index < -0.39 is 18.7 Å². The molecule has 0 unspecified atom stereocenters. The summed E-state index contributed by atoms with van der Waals surface area (Å²) in [6.07, 6.45) is -2.70. The van der Waals surface area contributed by atoms with Gasteiger partial charge in [0.1, 0.15) is 5.75 Å². The Morgan fingerprint density at radius 2 is 2.00 bits per heavy atom. The van der Waals surface area contributed by atoms with E-state index in [4.69, 9.17) is 4.74 Å². The lowest BCUT2D eigenvalue weighted by Gasteiger charge is -2.23. The van der Waals surface area contributed by atoms with Crippen molar-refractivity contribution in [2.24, 2.45) is 0 Å². The predicted octanol–water partition coefficient (Wildman–Crippen LogP) is 3.43. The predicted molar refractivity (Wildman–Crippen MR) is 104 cm³/mol. The number of aryl methyl sites for hydroxylation is 1. The third-order valence-corrected chi connectivity index (χ3v) is 4.57. The number of hydrogen-bond acceptors (Lipinski definition) is 5. The van der Waals surface area contributed by atoms with Gasteiger partial charge >= 0.3 is 6.18 Å². The number of alkyl halides is 3. The molecule has 7 nitrogen and oxygen atoms in total. The lowest BCUT2D eigenvalue weighted by atomic mass is 10.1. The minimum absolute atomic E-state index is 0. The van der Waals surface area contributed by atoms with E-state index in [1.54, 1.807) is 24.6 Å². The van der Waals surface area contributed by atoms with Crippen LogP contribution in [0.5, 0.6) is 5.75 Å². The van der Waals surface area contributed by atoms with Gasteiger partial charge in [-0.05, 0) is 57.5 Å². The summed E-state index contributed by atoms with van der Waals surface area (Å²) in [4.78, 5) is 12.7. The number of hydrogen-bond donors (Lipinski definition) is 2. The summed E-state index contributed by atoms with van der Waals surface area (Å²) in [7, 11) is 0. The largest absolute Gasteiger partial charge is 0.482 e. The number of anilines is 1. The Balaban J connectivity index is 0.00000300. The number of nitrogens with one attached hydrogen (secondary N) is 2. The van der Waals surface area contributed by atoms with Gasteiger partial charge in [0.2, 0.25) is 0 Å². The molecule has 1 aromatic carbocycles. The summed E-state index contributed by atoms with van der Waals surface area (Å²) in [6.45, 7) is 3.78. The Hall–Kier alpha value is -2.33. The number of halogens is 4. The number of aromatic nitrogens is 3. The molecule has 0 radical (unpaired) electrons. The smallest absolute Gasteiger partial charge is 0.422 e. The summed E-state index contributed by atoms with van der Waals surface area (Å²) in [6, 6.07) is 4.79. The molecule has 0 bridgehead atoms. The van der Waals surface area contributed by atoms with Crippen LogP contribution in [0.25, 0.3) is 0 Å². The fraction of sp³-hybridized carbons (Fsp3) is 0.500. The van der Waals surface area contributed by atoms with Crippen LogP contribution in [0, 0.1) is 13.8 Å². The lowest BCUT2D eigenvalue weighted by Crippen LogP contribution is -2.30. The molecule has 1 saturated heterocycles. The molecule has 1 aliphatic rings. The average molecular weight is 434 g/mol. The first-order valence-electron chi connectivity index (χ1n) is 8.98. The van der Waals surface area contributed by atoms with Crippen LogP contribution in [0.3, 0.4) is 0 Å². The van der Waals surface area contributed by atoms with Gasteiger partial charge in [-0.25, -0.2) is 4.68 Å². The number of nitrogens with zero attached hydrogens (tertiary/aromatic N) is 3. The third-order valence-electron chi connectivity index (χ3n) is 4.57. The highest BCUT2D eigenvalue weighted by molar-refractivity contribution is 6.04. The maximum Gasteiger partial charge on any atom is 0.422 e. The molecule has 1 amide bonds. The highest BCUT2D eigenvalue weighted by Gasteiger charge is 2.29. The van der Waals surface area contributed by atoms with Crippen LogP contribution in [0.4, 0.5) is 18.9 Å². The van der Waals surface area contributed by atoms with Gasteiger partial charge in [0.15, 0.2) is 12.3 Å². The van der Waals surface area contributed by atoms with Crippen molar-refractivity contribution in [3.63, 3.8) is 0 Å². The van der Waals surface area contributed by atoms with Crippen LogP contribution < -0.4 is 15.4 Å². The molecule has 2 aromatic rings. The van der Waals surface area contributed by atoms with Crippen molar-refractivity contribution >= 4 is 24.0 Å². The van der Waals surface area contributed by atoms with Crippen LogP contribution in [0.15, 0.2) is 18.2 Å². The molecule has 1 aliphatic heterocycles. The van der Waals surface area contributed by atoms with E-state index in [1.165, 1.54) is 12.1 Å². The van der Waals surface area contributed by atoms with E-state index in [9.17, 15) is 18.0 Å². The molecular formula is C18H23ClF3N5O2. The highest BCUT2D eigenvalue weighted by atomic mass is 35.5. The molecule has 3 rings (SSSR count). The molecule has 1 fully saturated rings. The molecule has 2 N–H and O–H groups in total. The number of carbonyl (C=O) groups excluding carboxylic acids is 1. The van der Waals surface area contributed by atoms with Gasteiger partial charge in [0, 0.05) is 0 Å². The Morgan fingerprint density at radius 3 is 2.66 bits per heavy atom. The van der Waals surface area contributed by atoms with Gasteiger partial charge in [-0.1, -0.05) is 11.3 Å². The van der Waals surface area contributed by atoms with Crippen molar-refractivity contribution in [1.82, 2.24) is 20.3 Å². The number of rotatable bonds is 5. The Morgan fingerprint density at radius 1 is 1.31 bits per heavy atom. The topological polar surface area (TPSA) is 81.1 Å². The monoisotopic (exact) mass is 433 g/mol. The molecule has 29 heavy (non-hydrogen) atoms. The molecule has 160 valence electrons. The number of carbonyl (C=O) groups is 1. The van der Waals surface area contributed by atoms with E-state index in [1.807, 2.05) is 0 Å². The maximum absolute atomic E-state index is 12.7. The van der Waals surface area contributed by atoms with Crippen LogP contribution in [0.1, 0.15) is 40.6 Å². The summed E-state index contributed by atoms with van der Waals surface area (Å²) in [5.41, 5.74) is 1.62. The number of ether oxygens (including phenoxy) is 1. The van der Waals surface area contributed by atoms with Gasteiger partial charge < -0.3 is 15.4 Å². The van der Waals surface area contributed by atoms with Crippen molar-refractivity contribution < 1.29 is 22.7 Å². The van der Waals surface area contributed by atoms with Gasteiger partial charge in [-0.15, -0.1) is 17.5 Å². The average Bonchev–Trinajstić information content (AvgIpc) is 3.03. The minimum atomic E-state index is -4.47.